The molecule has 1 aliphatic rings. The van der Waals surface area contributed by atoms with Crippen LogP contribution < -0.4 is 5.73 Å². The summed E-state index contributed by atoms with van der Waals surface area (Å²) in [5, 5.41) is 4.75. The van der Waals surface area contributed by atoms with E-state index < -0.39 is 0 Å². The van der Waals surface area contributed by atoms with Crippen molar-refractivity contribution in [1.29, 1.82) is 0 Å². The molecule has 0 aromatic carbocycles. The standard InChI is InChI=1S/C14H20N4/c15-8-7-12-13(11-5-2-1-3-6-11)17-18-10-4-9-16-14(12)18/h4,9-11H,1-3,5-8,15H2. The van der Waals surface area contributed by atoms with E-state index in [9.17, 15) is 0 Å². The zero-order chi connectivity index (χ0) is 12.4. The largest absolute Gasteiger partial charge is 0.330 e. The molecular formula is C14H20N4. The fourth-order valence-corrected chi connectivity index (χ4v) is 3.04. The van der Waals surface area contributed by atoms with Gasteiger partial charge < -0.3 is 5.73 Å². The van der Waals surface area contributed by atoms with Gasteiger partial charge >= 0.3 is 0 Å². The third-order valence-electron chi connectivity index (χ3n) is 3.91. The minimum Gasteiger partial charge on any atom is -0.330 e. The van der Waals surface area contributed by atoms with Crippen molar-refractivity contribution in [2.45, 2.75) is 44.4 Å². The van der Waals surface area contributed by atoms with Gasteiger partial charge in [0.2, 0.25) is 0 Å². The Morgan fingerprint density at radius 1 is 1.28 bits per heavy atom. The summed E-state index contributed by atoms with van der Waals surface area (Å²) in [7, 11) is 0. The summed E-state index contributed by atoms with van der Waals surface area (Å²) >= 11 is 0. The van der Waals surface area contributed by atoms with Crippen LogP contribution in [0.3, 0.4) is 0 Å². The van der Waals surface area contributed by atoms with Gasteiger partial charge in [0.15, 0.2) is 5.65 Å². The SMILES string of the molecule is NCCc1c(C2CCCCC2)nn2cccnc12. The van der Waals surface area contributed by atoms with Gasteiger partial charge in [-0.2, -0.15) is 5.10 Å². The van der Waals surface area contributed by atoms with Crippen molar-refractivity contribution in [3.63, 3.8) is 0 Å². The van der Waals surface area contributed by atoms with E-state index in [1.54, 1.807) is 0 Å². The smallest absolute Gasteiger partial charge is 0.158 e. The molecule has 2 heterocycles. The zero-order valence-corrected chi connectivity index (χ0v) is 10.7. The summed E-state index contributed by atoms with van der Waals surface area (Å²) in [5.74, 6) is 0.613. The van der Waals surface area contributed by atoms with Gasteiger partial charge in [-0.05, 0) is 31.9 Å². The molecule has 0 bridgehead atoms. The summed E-state index contributed by atoms with van der Waals surface area (Å²) in [5.41, 5.74) is 9.25. The molecule has 3 rings (SSSR count). The fraction of sp³-hybridized carbons (Fsp3) is 0.571. The molecule has 2 aromatic rings. The molecule has 0 saturated heterocycles. The van der Waals surface area contributed by atoms with E-state index >= 15 is 0 Å². The van der Waals surface area contributed by atoms with Crippen LogP contribution in [-0.2, 0) is 6.42 Å². The summed E-state index contributed by atoms with van der Waals surface area (Å²) in [6, 6.07) is 1.93. The number of nitrogens with zero attached hydrogens (tertiary/aromatic N) is 3. The molecular weight excluding hydrogens is 224 g/mol. The van der Waals surface area contributed by atoms with Crippen molar-refractivity contribution >= 4 is 5.65 Å². The molecule has 1 fully saturated rings. The Kier molecular flexibility index (Phi) is 3.28. The Morgan fingerprint density at radius 3 is 2.89 bits per heavy atom. The number of rotatable bonds is 3. The molecule has 2 N–H and O–H groups in total. The van der Waals surface area contributed by atoms with Crippen LogP contribution >= 0.6 is 0 Å². The van der Waals surface area contributed by atoms with Gasteiger partial charge in [-0.25, -0.2) is 9.50 Å². The molecule has 96 valence electrons. The van der Waals surface area contributed by atoms with Crippen molar-refractivity contribution in [3.8, 4) is 0 Å². The maximum atomic E-state index is 5.74. The molecule has 1 saturated carbocycles. The quantitative estimate of drug-likeness (QED) is 0.901. The molecule has 2 aromatic heterocycles. The van der Waals surface area contributed by atoms with E-state index in [2.05, 4.69) is 4.98 Å². The van der Waals surface area contributed by atoms with Gasteiger partial charge in [0.05, 0.1) is 5.69 Å². The lowest BCUT2D eigenvalue weighted by atomic mass is 9.85. The van der Waals surface area contributed by atoms with Crippen LogP contribution in [0.5, 0.6) is 0 Å². The number of aromatic nitrogens is 3. The highest BCUT2D eigenvalue weighted by atomic mass is 15.3. The van der Waals surface area contributed by atoms with Crippen molar-refractivity contribution < 1.29 is 0 Å². The van der Waals surface area contributed by atoms with Crippen molar-refractivity contribution in [2.75, 3.05) is 6.54 Å². The second kappa shape index (κ2) is 5.06. The third kappa shape index (κ3) is 2.01. The molecule has 1 aliphatic carbocycles. The number of nitrogens with two attached hydrogens (primary N) is 1. The van der Waals surface area contributed by atoms with Gasteiger partial charge in [-0.3, -0.25) is 0 Å². The van der Waals surface area contributed by atoms with Gasteiger partial charge in [0, 0.05) is 23.9 Å². The monoisotopic (exact) mass is 244 g/mol. The topological polar surface area (TPSA) is 56.2 Å². The van der Waals surface area contributed by atoms with Gasteiger partial charge in [0.25, 0.3) is 0 Å². The normalized spacial score (nSPS) is 17.4. The van der Waals surface area contributed by atoms with E-state index in [4.69, 9.17) is 10.8 Å². The van der Waals surface area contributed by atoms with Crippen LogP contribution in [-0.4, -0.2) is 21.1 Å². The lowest BCUT2D eigenvalue weighted by Gasteiger charge is -2.20. The predicted octanol–water partition coefficient (Wildman–Crippen LogP) is 2.28. The van der Waals surface area contributed by atoms with E-state index in [1.165, 1.54) is 43.4 Å². The zero-order valence-electron chi connectivity index (χ0n) is 10.7. The molecule has 0 spiro atoms. The average molecular weight is 244 g/mol. The highest BCUT2D eigenvalue weighted by Crippen LogP contribution is 2.34. The first-order chi connectivity index (χ1) is 8.90. The van der Waals surface area contributed by atoms with E-state index in [-0.39, 0.29) is 0 Å². The van der Waals surface area contributed by atoms with Crippen LogP contribution in [0.4, 0.5) is 0 Å². The minimum absolute atomic E-state index is 0.613. The van der Waals surface area contributed by atoms with Crippen LogP contribution in [0.25, 0.3) is 5.65 Å². The number of fused-ring (bicyclic) bond motifs is 1. The highest BCUT2D eigenvalue weighted by Gasteiger charge is 2.23. The summed E-state index contributed by atoms with van der Waals surface area (Å²) < 4.78 is 1.91. The first-order valence-corrected chi connectivity index (χ1v) is 6.92. The fourth-order valence-electron chi connectivity index (χ4n) is 3.04. The van der Waals surface area contributed by atoms with E-state index in [1.807, 2.05) is 23.0 Å². The maximum absolute atomic E-state index is 5.74. The molecule has 0 atom stereocenters. The van der Waals surface area contributed by atoms with Gasteiger partial charge in [-0.1, -0.05) is 19.3 Å². The Hall–Kier alpha value is -1.42. The minimum atomic E-state index is 0.613. The predicted molar refractivity (Wildman–Crippen MR) is 71.6 cm³/mol. The van der Waals surface area contributed by atoms with Crippen LogP contribution in [0.2, 0.25) is 0 Å². The lowest BCUT2D eigenvalue weighted by molar-refractivity contribution is 0.433. The molecule has 0 aliphatic heterocycles. The van der Waals surface area contributed by atoms with Gasteiger partial charge in [-0.15, -0.1) is 0 Å². The lowest BCUT2D eigenvalue weighted by Crippen LogP contribution is -2.10. The Morgan fingerprint density at radius 2 is 2.11 bits per heavy atom. The van der Waals surface area contributed by atoms with E-state index in [0.29, 0.717) is 12.5 Å². The molecule has 0 unspecified atom stereocenters. The van der Waals surface area contributed by atoms with Crippen LogP contribution in [0.15, 0.2) is 18.5 Å². The Labute approximate surface area is 107 Å². The second-order valence-electron chi connectivity index (χ2n) is 5.13. The van der Waals surface area contributed by atoms with Crippen molar-refractivity contribution in [2.24, 2.45) is 5.73 Å². The average Bonchev–Trinajstić information content (AvgIpc) is 2.80. The first-order valence-electron chi connectivity index (χ1n) is 6.92. The highest BCUT2D eigenvalue weighted by molar-refractivity contribution is 5.51. The molecule has 0 amide bonds. The molecule has 18 heavy (non-hydrogen) atoms. The molecule has 4 heteroatoms. The number of hydrogen-bond acceptors (Lipinski definition) is 3. The molecule has 4 nitrogen and oxygen atoms in total. The Bertz CT molecular complexity index is 526. The number of hydrogen-bond donors (Lipinski definition) is 1. The summed E-state index contributed by atoms with van der Waals surface area (Å²) in [4.78, 5) is 4.46. The summed E-state index contributed by atoms with van der Waals surface area (Å²) in [6.45, 7) is 0.664. The molecule has 0 radical (unpaired) electrons. The first kappa shape index (κ1) is 11.7. The van der Waals surface area contributed by atoms with E-state index in [0.717, 1.165) is 12.1 Å². The maximum Gasteiger partial charge on any atom is 0.158 e. The summed E-state index contributed by atoms with van der Waals surface area (Å²) in [6.07, 6.45) is 11.3. The second-order valence-corrected chi connectivity index (χ2v) is 5.13. The Balaban J connectivity index is 2.05. The van der Waals surface area contributed by atoms with Crippen LogP contribution in [0, 0.1) is 0 Å². The van der Waals surface area contributed by atoms with Crippen molar-refractivity contribution in [1.82, 2.24) is 14.6 Å². The van der Waals surface area contributed by atoms with Gasteiger partial charge in [0.1, 0.15) is 0 Å². The third-order valence-corrected chi connectivity index (χ3v) is 3.91. The van der Waals surface area contributed by atoms with Crippen LogP contribution in [0.1, 0.15) is 49.3 Å². The van der Waals surface area contributed by atoms with Crippen molar-refractivity contribution in [3.05, 3.63) is 29.7 Å².